The Balaban J connectivity index is 1.21. The molecule has 2 aliphatic heterocycles. The molecule has 0 unspecified atom stereocenters. The number of rotatable bonds is 10. The molecule has 0 aliphatic carbocycles. The number of para-hydroxylation sites is 2. The summed E-state index contributed by atoms with van der Waals surface area (Å²) in [5.74, 6) is 2.89. The van der Waals surface area contributed by atoms with Crippen molar-refractivity contribution in [3.8, 4) is 22.9 Å². The molecule has 0 bridgehead atoms. The third-order valence-electron chi connectivity index (χ3n) is 7.85. The summed E-state index contributed by atoms with van der Waals surface area (Å²) in [6.45, 7) is 5.93. The molecular formula is C32H36N4O3. The fourth-order valence-electron chi connectivity index (χ4n) is 5.75. The van der Waals surface area contributed by atoms with Crippen molar-refractivity contribution < 1.29 is 14.3 Å². The molecular weight excluding hydrogens is 488 g/mol. The molecule has 0 radical (unpaired) electrons. The molecule has 7 nitrogen and oxygen atoms in total. The molecule has 7 heteroatoms. The Morgan fingerprint density at radius 3 is 2.49 bits per heavy atom. The van der Waals surface area contributed by atoms with Gasteiger partial charge in [-0.2, -0.15) is 0 Å². The predicted octanol–water partition coefficient (Wildman–Crippen LogP) is 5.36. The van der Waals surface area contributed by atoms with Crippen LogP contribution in [0.25, 0.3) is 22.4 Å². The summed E-state index contributed by atoms with van der Waals surface area (Å²) in [7, 11) is 1.76. The molecule has 2 aliphatic rings. The van der Waals surface area contributed by atoms with Crippen molar-refractivity contribution in [1.29, 1.82) is 0 Å². The van der Waals surface area contributed by atoms with Gasteiger partial charge in [0.2, 0.25) is 5.91 Å². The largest absolute Gasteiger partial charge is 0.496 e. The molecule has 0 atom stereocenters. The minimum Gasteiger partial charge on any atom is -0.496 e. The number of likely N-dealkylation sites (tertiary alicyclic amines) is 2. The van der Waals surface area contributed by atoms with E-state index in [1.165, 1.54) is 24.0 Å². The lowest BCUT2D eigenvalue weighted by molar-refractivity contribution is -0.128. The number of fused-ring (bicyclic) bond motifs is 1. The van der Waals surface area contributed by atoms with Crippen molar-refractivity contribution >= 4 is 16.9 Å². The molecule has 4 aromatic rings. The average Bonchev–Trinajstić information content (AvgIpc) is 3.71. The summed E-state index contributed by atoms with van der Waals surface area (Å²) in [6, 6.07) is 23.0. The van der Waals surface area contributed by atoms with Crippen molar-refractivity contribution in [2.24, 2.45) is 0 Å². The highest BCUT2D eigenvalue weighted by Crippen LogP contribution is 2.29. The Morgan fingerprint density at radius 1 is 0.897 bits per heavy atom. The van der Waals surface area contributed by atoms with Crippen molar-refractivity contribution in [1.82, 2.24) is 19.4 Å². The molecule has 0 spiro atoms. The number of amides is 1. The molecule has 2 saturated heterocycles. The van der Waals surface area contributed by atoms with Crippen LogP contribution in [0.1, 0.15) is 36.8 Å². The van der Waals surface area contributed by atoms with Crippen LogP contribution in [0.3, 0.4) is 0 Å². The van der Waals surface area contributed by atoms with E-state index in [-0.39, 0.29) is 5.91 Å². The maximum Gasteiger partial charge on any atom is 0.222 e. The summed E-state index contributed by atoms with van der Waals surface area (Å²) in [6.07, 6.45) is 4.17. The minimum atomic E-state index is 0.228. The van der Waals surface area contributed by atoms with E-state index in [9.17, 15) is 4.79 Å². The average molecular weight is 525 g/mol. The second-order valence-corrected chi connectivity index (χ2v) is 10.5. The summed E-state index contributed by atoms with van der Waals surface area (Å²) in [5.41, 5.74) is 5.52. The van der Waals surface area contributed by atoms with Gasteiger partial charge >= 0.3 is 0 Å². The first-order valence-electron chi connectivity index (χ1n) is 14.0. The molecule has 0 N–H and O–H groups in total. The van der Waals surface area contributed by atoms with Gasteiger partial charge in [-0.25, -0.2) is 4.98 Å². The third-order valence-corrected chi connectivity index (χ3v) is 7.85. The van der Waals surface area contributed by atoms with Crippen LogP contribution in [0.15, 0.2) is 66.7 Å². The topological polar surface area (TPSA) is 59.8 Å². The SMILES string of the molecule is COc1cc(Cn2c(-c3ccc(OCCN4CCCC4=O)cc3)nc3ccccc32)ccc1CN1CCCC1. The Bertz CT molecular complexity index is 1440. The lowest BCUT2D eigenvalue weighted by Gasteiger charge is -2.18. The third kappa shape index (κ3) is 5.64. The van der Waals surface area contributed by atoms with Gasteiger partial charge < -0.3 is 18.9 Å². The van der Waals surface area contributed by atoms with Crippen molar-refractivity contribution in [2.45, 2.75) is 38.8 Å². The number of hydrogen-bond acceptors (Lipinski definition) is 5. The van der Waals surface area contributed by atoms with Crippen LogP contribution in [0, 0.1) is 0 Å². The zero-order valence-corrected chi connectivity index (χ0v) is 22.6. The van der Waals surface area contributed by atoms with E-state index >= 15 is 0 Å². The van der Waals surface area contributed by atoms with Gasteiger partial charge in [-0.15, -0.1) is 0 Å². The molecule has 39 heavy (non-hydrogen) atoms. The van der Waals surface area contributed by atoms with Gasteiger partial charge in [0, 0.05) is 37.2 Å². The summed E-state index contributed by atoms with van der Waals surface area (Å²) < 4.78 is 14.0. The van der Waals surface area contributed by atoms with E-state index in [4.69, 9.17) is 14.5 Å². The highest BCUT2D eigenvalue weighted by Gasteiger charge is 2.20. The lowest BCUT2D eigenvalue weighted by Crippen LogP contribution is -2.29. The summed E-state index contributed by atoms with van der Waals surface area (Å²) in [5, 5.41) is 0. The number of ether oxygens (including phenoxy) is 2. The van der Waals surface area contributed by atoms with Gasteiger partial charge in [-0.1, -0.05) is 24.3 Å². The number of carbonyl (C=O) groups is 1. The number of nitrogens with zero attached hydrogens (tertiary/aromatic N) is 4. The maximum absolute atomic E-state index is 11.8. The molecule has 1 aromatic heterocycles. The zero-order chi connectivity index (χ0) is 26.6. The van der Waals surface area contributed by atoms with Crippen molar-refractivity contribution in [3.63, 3.8) is 0 Å². The molecule has 1 amide bonds. The Kier molecular flexibility index (Phi) is 7.50. The van der Waals surface area contributed by atoms with E-state index in [0.717, 1.165) is 66.5 Å². The lowest BCUT2D eigenvalue weighted by atomic mass is 10.1. The number of imidazole rings is 1. The van der Waals surface area contributed by atoms with Crippen LogP contribution in [-0.4, -0.2) is 65.2 Å². The fraction of sp³-hybridized carbons (Fsp3) is 0.375. The van der Waals surface area contributed by atoms with Crippen molar-refractivity contribution in [2.75, 3.05) is 39.9 Å². The molecule has 202 valence electrons. The molecule has 3 heterocycles. The van der Waals surface area contributed by atoms with Gasteiger partial charge in [-0.3, -0.25) is 9.69 Å². The highest BCUT2D eigenvalue weighted by molar-refractivity contribution is 5.81. The minimum absolute atomic E-state index is 0.228. The number of benzene rings is 3. The Hall–Kier alpha value is -3.84. The van der Waals surface area contributed by atoms with E-state index in [2.05, 4.69) is 58.0 Å². The predicted molar refractivity (Wildman–Crippen MR) is 153 cm³/mol. The quantitative estimate of drug-likeness (QED) is 0.280. The number of hydrogen-bond donors (Lipinski definition) is 0. The normalized spacial score (nSPS) is 15.9. The Labute approximate surface area is 230 Å². The Morgan fingerprint density at radius 2 is 1.72 bits per heavy atom. The smallest absolute Gasteiger partial charge is 0.222 e. The van der Waals surface area contributed by atoms with Crippen molar-refractivity contribution in [3.05, 3.63) is 77.9 Å². The maximum atomic E-state index is 11.8. The van der Waals surface area contributed by atoms with E-state index < -0.39 is 0 Å². The van der Waals surface area contributed by atoms with Gasteiger partial charge in [0.05, 0.1) is 24.7 Å². The van der Waals surface area contributed by atoms with Gasteiger partial charge in [-0.05, 0) is 80.4 Å². The van der Waals surface area contributed by atoms with Crippen LogP contribution in [0.2, 0.25) is 0 Å². The first-order chi connectivity index (χ1) is 19.2. The first kappa shape index (κ1) is 25.4. The molecule has 0 saturated carbocycles. The fourth-order valence-corrected chi connectivity index (χ4v) is 5.75. The van der Waals surface area contributed by atoms with E-state index in [1.807, 2.05) is 23.1 Å². The van der Waals surface area contributed by atoms with Crippen LogP contribution in [0.4, 0.5) is 0 Å². The molecule has 3 aromatic carbocycles. The second kappa shape index (κ2) is 11.5. The zero-order valence-electron chi connectivity index (χ0n) is 22.6. The standard InChI is InChI=1S/C32H36N4O3/c1-38-30-21-24(10-11-26(30)23-34-16-4-5-17-34)22-36-29-8-3-2-7-28(29)33-32(36)25-12-14-27(15-13-25)39-20-19-35-18-6-9-31(35)37/h2-3,7-8,10-15,21H,4-6,9,16-20,22-23H2,1H3. The highest BCUT2D eigenvalue weighted by atomic mass is 16.5. The van der Waals surface area contributed by atoms with Crippen LogP contribution < -0.4 is 9.47 Å². The summed E-state index contributed by atoms with van der Waals surface area (Å²) in [4.78, 5) is 21.2. The van der Waals surface area contributed by atoms with E-state index in [1.54, 1.807) is 7.11 Å². The van der Waals surface area contributed by atoms with Gasteiger partial charge in [0.1, 0.15) is 23.9 Å². The molecule has 2 fully saturated rings. The van der Waals surface area contributed by atoms with E-state index in [0.29, 0.717) is 26.1 Å². The van der Waals surface area contributed by atoms with Crippen LogP contribution in [0.5, 0.6) is 11.5 Å². The number of methoxy groups -OCH3 is 1. The monoisotopic (exact) mass is 524 g/mol. The number of carbonyl (C=O) groups excluding carboxylic acids is 1. The first-order valence-corrected chi connectivity index (χ1v) is 14.0. The van der Waals surface area contributed by atoms with Gasteiger partial charge in [0.15, 0.2) is 0 Å². The van der Waals surface area contributed by atoms with Crippen LogP contribution in [-0.2, 0) is 17.9 Å². The van der Waals surface area contributed by atoms with Crippen LogP contribution >= 0.6 is 0 Å². The van der Waals surface area contributed by atoms with Gasteiger partial charge in [0.25, 0.3) is 0 Å². The number of aromatic nitrogens is 2. The second-order valence-electron chi connectivity index (χ2n) is 10.5. The summed E-state index contributed by atoms with van der Waals surface area (Å²) >= 11 is 0. The molecule has 6 rings (SSSR count).